The van der Waals surface area contributed by atoms with E-state index in [9.17, 15) is 0 Å². The van der Waals surface area contributed by atoms with E-state index in [0.717, 1.165) is 66.4 Å². The number of hydrogen-bond donors (Lipinski definition) is 1. The summed E-state index contributed by atoms with van der Waals surface area (Å²) in [5, 5.41) is 2.56. The number of benzene rings is 1. The number of ether oxygens (including phenoxy) is 2. The fourth-order valence-corrected chi connectivity index (χ4v) is 5.02. The van der Waals surface area contributed by atoms with Crippen LogP contribution in [0.4, 0.5) is 11.5 Å². The molecule has 0 amide bonds. The van der Waals surface area contributed by atoms with Crippen molar-refractivity contribution in [3.05, 3.63) is 53.9 Å². The summed E-state index contributed by atoms with van der Waals surface area (Å²) < 4.78 is 12.4. The minimum absolute atomic E-state index is 0.231. The second kappa shape index (κ2) is 11.0. The lowest BCUT2D eigenvalue weighted by atomic mass is 9.94. The monoisotopic (exact) mass is 498 g/mol. The van der Waals surface area contributed by atoms with E-state index in [1.54, 1.807) is 12.3 Å². The van der Waals surface area contributed by atoms with Crippen molar-refractivity contribution in [1.82, 2.24) is 9.97 Å². The number of pyridine rings is 2. The summed E-state index contributed by atoms with van der Waals surface area (Å²) in [5.74, 6) is 1.71. The molecule has 1 aliphatic carbocycles. The van der Waals surface area contributed by atoms with Gasteiger partial charge in [-0.2, -0.15) is 0 Å². The summed E-state index contributed by atoms with van der Waals surface area (Å²) in [6.45, 7) is 8.17. The standard InChI is InChI=1S/C26H35ClN4O2Si/c1-34(2,3)15-14-32-18-31(21-6-11-25(27)30-17-21)26-24-10-9-23(16-19(24)12-13-29-26)33-22-7-4-20(28)5-8-22/h6,9-13,16-17,20,22H,4-5,7-8,14-15,18,28H2,1-3H3. The molecule has 1 aromatic carbocycles. The molecule has 4 rings (SSSR count). The molecule has 0 radical (unpaired) electrons. The Bertz CT molecular complexity index is 1080. The van der Waals surface area contributed by atoms with Gasteiger partial charge in [0, 0.05) is 32.3 Å². The Labute approximate surface area is 208 Å². The molecule has 182 valence electrons. The molecule has 8 heteroatoms. The van der Waals surface area contributed by atoms with Crippen LogP contribution in [0.3, 0.4) is 0 Å². The van der Waals surface area contributed by atoms with Gasteiger partial charge >= 0.3 is 0 Å². The van der Waals surface area contributed by atoms with E-state index >= 15 is 0 Å². The number of hydrogen-bond acceptors (Lipinski definition) is 6. The lowest BCUT2D eigenvalue weighted by Crippen LogP contribution is -2.31. The first kappa shape index (κ1) is 24.9. The number of anilines is 2. The van der Waals surface area contributed by atoms with Crippen LogP contribution < -0.4 is 15.4 Å². The molecule has 0 saturated heterocycles. The van der Waals surface area contributed by atoms with E-state index in [0.29, 0.717) is 17.9 Å². The minimum atomic E-state index is -1.18. The van der Waals surface area contributed by atoms with Gasteiger partial charge in [-0.25, -0.2) is 9.97 Å². The third kappa shape index (κ3) is 6.69. The van der Waals surface area contributed by atoms with Gasteiger partial charge in [-0.1, -0.05) is 31.2 Å². The zero-order valence-electron chi connectivity index (χ0n) is 20.3. The Morgan fingerprint density at radius 2 is 1.85 bits per heavy atom. The van der Waals surface area contributed by atoms with Gasteiger partial charge in [0.2, 0.25) is 0 Å². The molecule has 0 aliphatic heterocycles. The first-order chi connectivity index (χ1) is 16.3. The largest absolute Gasteiger partial charge is 0.490 e. The molecule has 2 heterocycles. The number of halogens is 1. The van der Waals surface area contributed by atoms with Crippen LogP contribution in [0.2, 0.25) is 30.8 Å². The summed E-state index contributed by atoms with van der Waals surface area (Å²) in [7, 11) is -1.18. The van der Waals surface area contributed by atoms with Gasteiger partial charge in [-0.05, 0) is 73.5 Å². The van der Waals surface area contributed by atoms with Crippen molar-refractivity contribution in [3.8, 4) is 5.75 Å². The molecule has 0 atom stereocenters. The maximum absolute atomic E-state index is 6.29. The fourth-order valence-electron chi connectivity index (χ4n) is 4.15. The van der Waals surface area contributed by atoms with Crippen LogP contribution in [0.15, 0.2) is 48.8 Å². The van der Waals surface area contributed by atoms with Crippen LogP contribution in [0.1, 0.15) is 25.7 Å². The van der Waals surface area contributed by atoms with E-state index in [2.05, 4.69) is 41.7 Å². The number of nitrogens with zero attached hydrogens (tertiary/aromatic N) is 3. The van der Waals surface area contributed by atoms with Crippen LogP contribution in [0.25, 0.3) is 10.8 Å². The highest BCUT2D eigenvalue weighted by atomic mass is 35.5. The zero-order chi connectivity index (χ0) is 24.1. The molecule has 2 N–H and O–H groups in total. The van der Waals surface area contributed by atoms with Crippen molar-refractivity contribution in [1.29, 1.82) is 0 Å². The molecule has 0 spiro atoms. The second-order valence-electron chi connectivity index (χ2n) is 10.3. The summed E-state index contributed by atoms with van der Waals surface area (Å²) in [4.78, 5) is 11.1. The van der Waals surface area contributed by atoms with Crippen LogP contribution in [-0.4, -0.2) is 43.5 Å². The lowest BCUT2D eigenvalue weighted by molar-refractivity contribution is 0.147. The number of fused-ring (bicyclic) bond motifs is 1. The Morgan fingerprint density at radius 1 is 1.06 bits per heavy atom. The van der Waals surface area contributed by atoms with Crippen molar-refractivity contribution < 1.29 is 9.47 Å². The number of nitrogens with two attached hydrogens (primary N) is 1. The van der Waals surface area contributed by atoms with Gasteiger partial charge < -0.3 is 20.1 Å². The molecular formula is C26H35ClN4O2Si. The van der Waals surface area contributed by atoms with Gasteiger partial charge in [0.1, 0.15) is 23.5 Å². The molecule has 6 nitrogen and oxygen atoms in total. The molecule has 34 heavy (non-hydrogen) atoms. The quantitative estimate of drug-likeness (QED) is 0.159. The fraction of sp³-hybridized carbons (Fsp3) is 0.462. The molecule has 0 unspecified atom stereocenters. The minimum Gasteiger partial charge on any atom is -0.490 e. The highest BCUT2D eigenvalue weighted by molar-refractivity contribution is 6.76. The van der Waals surface area contributed by atoms with Gasteiger partial charge in [-0.3, -0.25) is 0 Å². The Balaban J connectivity index is 1.58. The average molecular weight is 499 g/mol. The highest BCUT2D eigenvalue weighted by Crippen LogP contribution is 2.33. The van der Waals surface area contributed by atoms with Crippen molar-refractivity contribution in [2.45, 2.75) is 63.5 Å². The van der Waals surface area contributed by atoms with Crippen LogP contribution in [0, 0.1) is 0 Å². The molecule has 1 aliphatic rings. The van der Waals surface area contributed by atoms with Crippen molar-refractivity contribution in [2.24, 2.45) is 5.73 Å². The maximum Gasteiger partial charge on any atom is 0.142 e. The van der Waals surface area contributed by atoms with Crippen LogP contribution >= 0.6 is 11.6 Å². The van der Waals surface area contributed by atoms with Gasteiger partial charge in [0.05, 0.1) is 18.0 Å². The first-order valence-corrected chi connectivity index (χ1v) is 16.1. The first-order valence-electron chi connectivity index (χ1n) is 12.1. The van der Waals surface area contributed by atoms with Gasteiger partial charge in [-0.15, -0.1) is 0 Å². The zero-order valence-corrected chi connectivity index (χ0v) is 22.1. The topological polar surface area (TPSA) is 73.5 Å². The van der Waals surface area contributed by atoms with E-state index in [4.69, 9.17) is 31.8 Å². The molecule has 2 aromatic heterocycles. The lowest BCUT2D eigenvalue weighted by Gasteiger charge is -2.27. The average Bonchev–Trinajstić information content (AvgIpc) is 2.80. The maximum atomic E-state index is 6.29. The molecule has 0 bridgehead atoms. The summed E-state index contributed by atoms with van der Waals surface area (Å²) >= 11 is 6.05. The predicted octanol–water partition coefficient (Wildman–Crippen LogP) is 6.38. The summed E-state index contributed by atoms with van der Waals surface area (Å²) in [5.41, 5.74) is 6.93. The summed E-state index contributed by atoms with van der Waals surface area (Å²) in [6.07, 6.45) is 7.88. The highest BCUT2D eigenvalue weighted by Gasteiger charge is 2.21. The Hall–Kier alpha value is -2.19. The molecule has 1 fully saturated rings. The Kier molecular flexibility index (Phi) is 8.09. The van der Waals surface area contributed by atoms with Crippen LogP contribution in [0.5, 0.6) is 5.75 Å². The smallest absolute Gasteiger partial charge is 0.142 e. The number of aromatic nitrogens is 2. The normalized spacial score (nSPS) is 18.7. The third-order valence-corrected chi connectivity index (χ3v) is 8.16. The van der Waals surface area contributed by atoms with E-state index in [1.165, 1.54) is 0 Å². The van der Waals surface area contributed by atoms with E-state index < -0.39 is 8.07 Å². The van der Waals surface area contributed by atoms with E-state index in [-0.39, 0.29) is 6.10 Å². The predicted molar refractivity (Wildman–Crippen MR) is 143 cm³/mol. The number of rotatable bonds is 9. The van der Waals surface area contributed by atoms with Crippen LogP contribution in [-0.2, 0) is 4.74 Å². The SMILES string of the molecule is C[Si](C)(C)CCOCN(c1ccc(Cl)nc1)c1nccc2cc(OC3CCC(N)CC3)ccc12. The van der Waals surface area contributed by atoms with E-state index in [1.807, 2.05) is 24.4 Å². The second-order valence-corrected chi connectivity index (χ2v) is 16.3. The van der Waals surface area contributed by atoms with Crippen molar-refractivity contribution >= 4 is 42.0 Å². The van der Waals surface area contributed by atoms with Gasteiger partial charge in [0.25, 0.3) is 0 Å². The molecule has 1 saturated carbocycles. The summed E-state index contributed by atoms with van der Waals surface area (Å²) in [6, 6.07) is 13.4. The van der Waals surface area contributed by atoms with Crippen molar-refractivity contribution in [3.63, 3.8) is 0 Å². The van der Waals surface area contributed by atoms with Crippen molar-refractivity contribution in [2.75, 3.05) is 18.2 Å². The third-order valence-electron chi connectivity index (χ3n) is 6.23. The van der Waals surface area contributed by atoms with Gasteiger partial charge in [0.15, 0.2) is 0 Å². The molecule has 3 aromatic rings. The molecular weight excluding hydrogens is 464 g/mol. The Morgan fingerprint density at radius 3 is 2.56 bits per heavy atom.